The van der Waals surface area contributed by atoms with Crippen molar-refractivity contribution in [3.8, 4) is 12.1 Å². The Hall–Kier alpha value is -3.06. The van der Waals surface area contributed by atoms with Crippen molar-refractivity contribution in [2.75, 3.05) is 13.2 Å². The summed E-state index contributed by atoms with van der Waals surface area (Å²) in [5.41, 5.74) is 6.18. The average Bonchev–Trinajstić information content (AvgIpc) is 2.50. The summed E-state index contributed by atoms with van der Waals surface area (Å²) in [5.74, 6) is -1.51. The molecule has 0 aromatic carbocycles. The molecule has 0 aromatic heterocycles. The normalized spacial score (nSPS) is 18.0. The highest BCUT2D eigenvalue weighted by atomic mass is 16.6. The number of esters is 2. The van der Waals surface area contributed by atoms with Crippen LogP contribution in [0.1, 0.15) is 26.7 Å². The summed E-state index contributed by atoms with van der Waals surface area (Å²) < 4.78 is 9.61. The predicted molar refractivity (Wildman–Crippen MR) is 84.6 cm³/mol. The van der Waals surface area contributed by atoms with Crippen molar-refractivity contribution in [3.05, 3.63) is 35.1 Å². The lowest BCUT2D eigenvalue weighted by atomic mass is 9.73. The maximum atomic E-state index is 12.1. The second-order valence-electron chi connectivity index (χ2n) is 6.00. The van der Waals surface area contributed by atoms with Crippen LogP contribution in [-0.4, -0.2) is 25.2 Å². The summed E-state index contributed by atoms with van der Waals surface area (Å²) in [6.45, 7) is 6.74. The SMILES string of the molecule is C=CC(=O)OCCOC(=O)/C(C#N)=C1/CC(C)(C)CC(N)=C1C#N. The highest BCUT2D eigenvalue weighted by Gasteiger charge is 2.33. The molecule has 7 heteroatoms. The van der Waals surface area contributed by atoms with Crippen LogP contribution in [0.15, 0.2) is 35.1 Å². The molecule has 0 aromatic rings. The van der Waals surface area contributed by atoms with E-state index < -0.39 is 11.9 Å². The van der Waals surface area contributed by atoms with E-state index in [-0.39, 0.29) is 29.8 Å². The molecule has 0 radical (unpaired) electrons. The highest BCUT2D eigenvalue weighted by Crippen LogP contribution is 2.41. The number of hydrogen-bond acceptors (Lipinski definition) is 7. The largest absolute Gasteiger partial charge is 0.459 e. The molecule has 0 saturated heterocycles. The summed E-state index contributed by atoms with van der Waals surface area (Å²) in [6, 6.07) is 3.75. The first kappa shape index (κ1) is 19.0. The summed E-state index contributed by atoms with van der Waals surface area (Å²) in [4.78, 5) is 23.0. The number of carbonyl (C=O) groups excluding carboxylic acids is 2. The number of nitrogens with zero attached hydrogens (tertiary/aromatic N) is 2. The molecule has 0 saturated carbocycles. The second kappa shape index (κ2) is 7.98. The zero-order chi connectivity index (χ0) is 18.3. The van der Waals surface area contributed by atoms with E-state index in [1.807, 2.05) is 19.9 Å². The predicted octanol–water partition coefficient (Wildman–Crippen LogP) is 1.64. The molecule has 2 N–H and O–H groups in total. The molecule has 24 heavy (non-hydrogen) atoms. The number of ether oxygens (including phenoxy) is 2. The second-order valence-corrected chi connectivity index (χ2v) is 6.00. The lowest BCUT2D eigenvalue weighted by Crippen LogP contribution is -2.26. The number of rotatable bonds is 5. The fourth-order valence-electron chi connectivity index (χ4n) is 2.42. The van der Waals surface area contributed by atoms with E-state index in [9.17, 15) is 20.1 Å². The quantitative estimate of drug-likeness (QED) is 0.351. The molecule has 0 bridgehead atoms. The van der Waals surface area contributed by atoms with Gasteiger partial charge in [-0.1, -0.05) is 20.4 Å². The Labute approximate surface area is 140 Å². The van der Waals surface area contributed by atoms with Crippen molar-refractivity contribution in [2.45, 2.75) is 26.7 Å². The number of nitriles is 2. The van der Waals surface area contributed by atoms with Crippen molar-refractivity contribution in [1.82, 2.24) is 0 Å². The van der Waals surface area contributed by atoms with Gasteiger partial charge < -0.3 is 15.2 Å². The summed E-state index contributed by atoms with van der Waals surface area (Å²) >= 11 is 0. The molecule has 0 aliphatic heterocycles. The Balaban J connectivity index is 2.99. The van der Waals surface area contributed by atoms with Gasteiger partial charge in [-0.15, -0.1) is 0 Å². The van der Waals surface area contributed by atoms with Crippen molar-refractivity contribution < 1.29 is 19.1 Å². The lowest BCUT2D eigenvalue weighted by Gasteiger charge is -2.31. The minimum atomic E-state index is -0.875. The highest BCUT2D eigenvalue weighted by molar-refractivity contribution is 5.95. The monoisotopic (exact) mass is 329 g/mol. The Bertz CT molecular complexity index is 702. The fraction of sp³-hybridized carbons (Fsp3) is 0.412. The first-order chi connectivity index (χ1) is 11.3. The molecular weight excluding hydrogens is 310 g/mol. The van der Waals surface area contributed by atoms with E-state index in [4.69, 9.17) is 10.5 Å². The van der Waals surface area contributed by atoms with Gasteiger partial charge in [-0.05, 0) is 23.8 Å². The van der Waals surface area contributed by atoms with Crippen molar-refractivity contribution in [2.24, 2.45) is 11.1 Å². The maximum absolute atomic E-state index is 12.1. The number of carbonyl (C=O) groups is 2. The van der Waals surface area contributed by atoms with E-state index in [1.165, 1.54) is 0 Å². The summed E-state index contributed by atoms with van der Waals surface area (Å²) in [6.07, 6.45) is 1.85. The van der Waals surface area contributed by atoms with Gasteiger partial charge in [0, 0.05) is 11.8 Å². The van der Waals surface area contributed by atoms with Crippen LogP contribution >= 0.6 is 0 Å². The number of nitrogens with two attached hydrogens (primary N) is 1. The molecular formula is C17H19N3O4. The van der Waals surface area contributed by atoms with Gasteiger partial charge in [0.15, 0.2) is 0 Å². The molecule has 0 fully saturated rings. The van der Waals surface area contributed by atoms with E-state index >= 15 is 0 Å². The molecule has 0 unspecified atom stereocenters. The first-order valence-corrected chi connectivity index (χ1v) is 7.24. The zero-order valence-corrected chi connectivity index (χ0v) is 13.7. The lowest BCUT2D eigenvalue weighted by molar-refractivity contribution is -0.146. The van der Waals surface area contributed by atoms with Crippen LogP contribution in [-0.2, 0) is 19.1 Å². The van der Waals surface area contributed by atoms with Gasteiger partial charge in [0.05, 0.1) is 5.57 Å². The topological polar surface area (TPSA) is 126 Å². The molecule has 0 heterocycles. The van der Waals surface area contributed by atoms with Gasteiger partial charge in [0.2, 0.25) is 0 Å². The molecule has 7 nitrogen and oxygen atoms in total. The van der Waals surface area contributed by atoms with Crippen LogP contribution in [0.25, 0.3) is 0 Å². The molecule has 1 aliphatic rings. The first-order valence-electron chi connectivity index (χ1n) is 7.24. The molecule has 1 rings (SSSR count). The van der Waals surface area contributed by atoms with Gasteiger partial charge in [-0.25, -0.2) is 9.59 Å². The Morgan fingerprint density at radius 1 is 1.29 bits per heavy atom. The number of allylic oxidation sites excluding steroid dienone is 3. The minimum absolute atomic E-state index is 0.154. The zero-order valence-electron chi connectivity index (χ0n) is 13.7. The Kier molecular flexibility index (Phi) is 6.31. The number of hydrogen-bond donors (Lipinski definition) is 1. The van der Waals surface area contributed by atoms with Crippen LogP contribution in [0.4, 0.5) is 0 Å². The van der Waals surface area contributed by atoms with Gasteiger partial charge in [0.25, 0.3) is 0 Å². The summed E-state index contributed by atoms with van der Waals surface area (Å²) in [5, 5.41) is 18.6. The third-order valence-electron chi connectivity index (χ3n) is 3.40. The van der Waals surface area contributed by atoms with Crippen molar-refractivity contribution in [1.29, 1.82) is 10.5 Å². The van der Waals surface area contributed by atoms with E-state index in [1.54, 1.807) is 6.07 Å². The minimum Gasteiger partial charge on any atom is -0.459 e. The smallest absolute Gasteiger partial charge is 0.349 e. The van der Waals surface area contributed by atoms with Crippen LogP contribution in [0.2, 0.25) is 0 Å². The van der Waals surface area contributed by atoms with E-state index in [2.05, 4.69) is 11.3 Å². The average molecular weight is 329 g/mol. The van der Waals surface area contributed by atoms with Crippen LogP contribution in [0.3, 0.4) is 0 Å². The van der Waals surface area contributed by atoms with Gasteiger partial charge >= 0.3 is 11.9 Å². The van der Waals surface area contributed by atoms with Gasteiger partial charge in [-0.2, -0.15) is 10.5 Å². The molecule has 0 amide bonds. The molecule has 0 spiro atoms. The van der Waals surface area contributed by atoms with Gasteiger partial charge in [-0.3, -0.25) is 0 Å². The van der Waals surface area contributed by atoms with Crippen LogP contribution in [0, 0.1) is 28.1 Å². The Morgan fingerprint density at radius 3 is 2.46 bits per heavy atom. The van der Waals surface area contributed by atoms with Gasteiger partial charge in [0.1, 0.15) is 30.9 Å². The van der Waals surface area contributed by atoms with E-state index in [0.29, 0.717) is 24.1 Å². The third-order valence-corrected chi connectivity index (χ3v) is 3.40. The maximum Gasteiger partial charge on any atom is 0.349 e. The third kappa shape index (κ3) is 4.72. The Morgan fingerprint density at radius 2 is 1.92 bits per heavy atom. The molecule has 1 aliphatic carbocycles. The van der Waals surface area contributed by atoms with E-state index in [0.717, 1.165) is 6.08 Å². The van der Waals surface area contributed by atoms with Crippen molar-refractivity contribution in [3.63, 3.8) is 0 Å². The van der Waals surface area contributed by atoms with Crippen molar-refractivity contribution >= 4 is 11.9 Å². The molecule has 126 valence electrons. The van der Waals surface area contributed by atoms with Crippen LogP contribution in [0.5, 0.6) is 0 Å². The molecule has 0 atom stereocenters. The fourth-order valence-corrected chi connectivity index (χ4v) is 2.42. The standard InChI is InChI=1S/C17H19N3O4/c1-4-15(21)23-5-6-24-16(22)13(10-19)11-7-17(2,3)8-14(20)12(11)9-18/h4H,1,5-8,20H2,2-3H3/b13-11-. The van der Waals surface area contributed by atoms with Crippen LogP contribution < -0.4 is 5.73 Å². The summed E-state index contributed by atoms with van der Waals surface area (Å²) in [7, 11) is 0.